The minimum atomic E-state index is -1.36. The minimum Gasteiger partial charge on any atom is -0.496 e. The summed E-state index contributed by atoms with van der Waals surface area (Å²) in [7, 11) is 1.35. The zero-order chi connectivity index (χ0) is 21.6. The summed E-state index contributed by atoms with van der Waals surface area (Å²) in [5.74, 6) is -2.04. The monoisotopic (exact) mass is 401 g/mol. The molecule has 0 unspecified atom stereocenters. The highest BCUT2D eigenvalue weighted by Crippen LogP contribution is 2.25. The first kappa shape index (κ1) is 21.4. The quantitative estimate of drug-likeness (QED) is 0.452. The van der Waals surface area contributed by atoms with Crippen LogP contribution in [0.3, 0.4) is 0 Å². The molecule has 0 aliphatic rings. The Morgan fingerprint density at radius 1 is 1.21 bits per heavy atom. The van der Waals surface area contributed by atoms with E-state index in [0.717, 1.165) is 0 Å². The summed E-state index contributed by atoms with van der Waals surface area (Å²) in [5, 5.41) is 25.4. The van der Waals surface area contributed by atoms with E-state index in [2.05, 4.69) is 10.6 Å². The van der Waals surface area contributed by atoms with Gasteiger partial charge in [0, 0.05) is 42.3 Å². The lowest BCUT2D eigenvalue weighted by molar-refractivity contribution is -0.384. The van der Waals surface area contributed by atoms with Crippen molar-refractivity contribution in [1.29, 1.82) is 0 Å². The van der Waals surface area contributed by atoms with Crippen LogP contribution in [0.5, 0.6) is 5.75 Å². The van der Waals surface area contributed by atoms with Gasteiger partial charge in [-0.2, -0.15) is 0 Å². The van der Waals surface area contributed by atoms with Gasteiger partial charge in [0.1, 0.15) is 11.8 Å². The maximum Gasteiger partial charge on any atom is 0.326 e. The number of anilines is 1. The van der Waals surface area contributed by atoms with Gasteiger partial charge in [-0.25, -0.2) is 4.79 Å². The fourth-order valence-electron chi connectivity index (χ4n) is 2.64. The molecule has 0 aliphatic carbocycles. The van der Waals surface area contributed by atoms with Crippen molar-refractivity contribution >= 4 is 29.2 Å². The van der Waals surface area contributed by atoms with Crippen LogP contribution in [0.2, 0.25) is 0 Å². The fraction of sp³-hybridized carbons (Fsp3) is 0.211. The number of ether oxygens (including phenoxy) is 1. The number of carboxylic acid groups (broad SMARTS) is 1. The van der Waals surface area contributed by atoms with E-state index in [0.29, 0.717) is 5.69 Å². The largest absolute Gasteiger partial charge is 0.496 e. The van der Waals surface area contributed by atoms with Gasteiger partial charge in [-0.3, -0.25) is 19.7 Å². The number of aliphatic carboxylic acids is 1. The normalized spacial score (nSPS) is 11.2. The molecule has 0 aromatic heterocycles. The van der Waals surface area contributed by atoms with Crippen LogP contribution in [-0.4, -0.2) is 41.0 Å². The number of carbonyl (C=O) groups is 3. The first-order chi connectivity index (χ1) is 13.7. The smallest absolute Gasteiger partial charge is 0.326 e. The number of carboxylic acids is 1. The van der Waals surface area contributed by atoms with E-state index in [1.165, 1.54) is 44.4 Å². The molecule has 3 N–H and O–H groups in total. The summed E-state index contributed by atoms with van der Waals surface area (Å²) in [4.78, 5) is 45.7. The van der Waals surface area contributed by atoms with Crippen LogP contribution < -0.4 is 15.4 Å². The number of non-ortho nitro benzene ring substituents is 1. The van der Waals surface area contributed by atoms with Gasteiger partial charge in [0.2, 0.25) is 5.91 Å². The number of methoxy groups -OCH3 is 1. The molecule has 0 saturated heterocycles. The lowest BCUT2D eigenvalue weighted by Crippen LogP contribution is -2.42. The summed E-state index contributed by atoms with van der Waals surface area (Å²) in [5.41, 5.74) is 0.576. The molecule has 1 atom stereocenters. The van der Waals surface area contributed by atoms with Gasteiger partial charge in [-0.1, -0.05) is 6.07 Å². The van der Waals surface area contributed by atoms with Crippen molar-refractivity contribution in [3.63, 3.8) is 0 Å². The number of amides is 2. The van der Waals surface area contributed by atoms with Gasteiger partial charge in [0.05, 0.1) is 12.0 Å². The van der Waals surface area contributed by atoms with Crippen LogP contribution in [0.15, 0.2) is 42.5 Å². The predicted molar refractivity (Wildman–Crippen MR) is 103 cm³/mol. The van der Waals surface area contributed by atoms with E-state index in [9.17, 15) is 29.6 Å². The first-order valence-corrected chi connectivity index (χ1v) is 8.44. The highest BCUT2D eigenvalue weighted by molar-refractivity contribution is 5.98. The molecule has 0 fully saturated rings. The van der Waals surface area contributed by atoms with Crippen molar-refractivity contribution in [2.75, 3.05) is 12.4 Å². The van der Waals surface area contributed by atoms with E-state index >= 15 is 0 Å². The Morgan fingerprint density at radius 2 is 1.93 bits per heavy atom. The van der Waals surface area contributed by atoms with Crippen LogP contribution in [0.25, 0.3) is 0 Å². The number of nitrogens with zero attached hydrogens (tertiary/aromatic N) is 1. The van der Waals surface area contributed by atoms with Crippen molar-refractivity contribution in [2.24, 2.45) is 0 Å². The molecule has 0 bridgehead atoms. The fourth-order valence-corrected chi connectivity index (χ4v) is 2.64. The third kappa shape index (κ3) is 5.76. The van der Waals surface area contributed by atoms with Gasteiger partial charge >= 0.3 is 5.97 Å². The number of nitro groups is 1. The Bertz CT molecular complexity index is 959. The molecule has 29 heavy (non-hydrogen) atoms. The van der Waals surface area contributed by atoms with Gasteiger partial charge in [-0.05, 0) is 24.3 Å². The molecule has 0 radical (unpaired) electrons. The molecule has 2 amide bonds. The zero-order valence-electron chi connectivity index (χ0n) is 15.7. The van der Waals surface area contributed by atoms with E-state index in [1.807, 2.05) is 0 Å². The molecule has 0 spiro atoms. The summed E-state index contributed by atoms with van der Waals surface area (Å²) in [6.45, 7) is 1.32. The van der Waals surface area contributed by atoms with Gasteiger partial charge in [0.25, 0.3) is 11.6 Å². The number of hydrogen-bond acceptors (Lipinski definition) is 6. The summed E-state index contributed by atoms with van der Waals surface area (Å²) in [6, 6.07) is 8.45. The van der Waals surface area contributed by atoms with Crippen molar-refractivity contribution in [1.82, 2.24) is 5.32 Å². The Kier molecular flexibility index (Phi) is 6.85. The number of benzene rings is 2. The Morgan fingerprint density at radius 3 is 2.52 bits per heavy atom. The molecule has 2 aromatic rings. The molecule has 10 heteroatoms. The number of nitro benzene ring substituents is 1. The molecule has 152 valence electrons. The molecule has 2 rings (SSSR count). The van der Waals surface area contributed by atoms with Crippen LogP contribution in [0, 0.1) is 10.1 Å². The first-order valence-electron chi connectivity index (χ1n) is 8.44. The van der Waals surface area contributed by atoms with E-state index in [4.69, 9.17) is 4.74 Å². The maximum atomic E-state index is 12.5. The molecule has 2 aromatic carbocycles. The van der Waals surface area contributed by atoms with Crippen LogP contribution in [-0.2, 0) is 16.0 Å². The molecular formula is C19H19N3O7. The van der Waals surface area contributed by atoms with E-state index in [-0.39, 0.29) is 34.9 Å². The standard InChI is InChI=1S/C19H19N3O7/c1-11(23)20-14-5-3-4-12(8-14)18(24)21-16(19(25)26)10-13-9-15(22(27)28)6-7-17(13)29-2/h3-9,16H,10H2,1-2H3,(H,20,23)(H,21,24)(H,25,26)/t16-/m0/s1. The predicted octanol–water partition coefficient (Wildman–Crippen LogP) is 1.99. The lowest BCUT2D eigenvalue weighted by Gasteiger charge is -2.16. The van der Waals surface area contributed by atoms with Crippen LogP contribution in [0.1, 0.15) is 22.8 Å². The van der Waals surface area contributed by atoms with E-state index < -0.39 is 22.8 Å². The summed E-state index contributed by atoms with van der Waals surface area (Å²) >= 11 is 0. The Labute approximate surface area is 165 Å². The summed E-state index contributed by atoms with van der Waals surface area (Å²) in [6.07, 6.45) is -0.225. The van der Waals surface area contributed by atoms with Crippen LogP contribution in [0.4, 0.5) is 11.4 Å². The highest BCUT2D eigenvalue weighted by Gasteiger charge is 2.24. The molecule has 0 aliphatic heterocycles. The highest BCUT2D eigenvalue weighted by atomic mass is 16.6. The van der Waals surface area contributed by atoms with E-state index in [1.54, 1.807) is 12.1 Å². The molecular weight excluding hydrogens is 382 g/mol. The lowest BCUT2D eigenvalue weighted by atomic mass is 10.0. The van der Waals surface area contributed by atoms with Crippen LogP contribution >= 0.6 is 0 Å². The molecule has 0 heterocycles. The molecule has 10 nitrogen and oxygen atoms in total. The van der Waals surface area contributed by atoms with Crippen molar-refractivity contribution in [3.8, 4) is 5.75 Å². The van der Waals surface area contributed by atoms with Crippen molar-refractivity contribution in [3.05, 3.63) is 63.7 Å². The Hall–Kier alpha value is -3.95. The minimum absolute atomic E-state index is 0.147. The molecule has 0 saturated carbocycles. The van der Waals surface area contributed by atoms with Gasteiger partial charge in [-0.15, -0.1) is 0 Å². The average molecular weight is 401 g/mol. The second kappa shape index (κ2) is 9.31. The zero-order valence-corrected chi connectivity index (χ0v) is 15.7. The summed E-state index contributed by atoms with van der Waals surface area (Å²) < 4.78 is 5.13. The van der Waals surface area contributed by atoms with Gasteiger partial charge < -0.3 is 20.5 Å². The van der Waals surface area contributed by atoms with Gasteiger partial charge in [0.15, 0.2) is 0 Å². The van der Waals surface area contributed by atoms with Crippen molar-refractivity contribution < 1.29 is 29.2 Å². The number of rotatable bonds is 8. The second-order valence-corrected chi connectivity index (χ2v) is 6.08. The Balaban J connectivity index is 2.24. The third-order valence-corrected chi connectivity index (χ3v) is 3.95. The number of nitrogens with one attached hydrogen (secondary N) is 2. The second-order valence-electron chi connectivity index (χ2n) is 6.08. The SMILES string of the molecule is COc1ccc([N+](=O)[O-])cc1C[C@H](NC(=O)c1cccc(NC(C)=O)c1)C(=O)O. The third-order valence-electron chi connectivity index (χ3n) is 3.95. The topological polar surface area (TPSA) is 148 Å². The number of carbonyl (C=O) groups excluding carboxylic acids is 2. The average Bonchev–Trinajstić information content (AvgIpc) is 2.66. The maximum absolute atomic E-state index is 12.5. The van der Waals surface area contributed by atoms with Crippen molar-refractivity contribution in [2.45, 2.75) is 19.4 Å². The number of hydrogen-bond donors (Lipinski definition) is 3.